The summed E-state index contributed by atoms with van der Waals surface area (Å²) in [4.78, 5) is 26.5. The average Bonchev–Trinajstić information content (AvgIpc) is 3.05. The van der Waals surface area contributed by atoms with Gasteiger partial charge in [0.25, 0.3) is 5.56 Å². The Bertz CT molecular complexity index is 918. The van der Waals surface area contributed by atoms with E-state index in [-0.39, 0.29) is 25.2 Å². The Morgan fingerprint density at radius 2 is 2.11 bits per heavy atom. The van der Waals surface area contributed by atoms with Gasteiger partial charge in [0.1, 0.15) is 24.7 Å². The van der Waals surface area contributed by atoms with Gasteiger partial charge in [-0.05, 0) is 13.0 Å². The maximum atomic E-state index is 12.1. The lowest BCUT2D eigenvalue weighted by atomic mass is 10.2. The molecule has 1 fully saturated rings. The Hall–Kier alpha value is -2.68. The molecule has 1 aliphatic rings. The number of aromatic nitrogens is 2. The Balaban J connectivity index is 1.80. The largest absolute Gasteiger partial charge is 0.488 e. The van der Waals surface area contributed by atoms with Crippen molar-refractivity contribution in [3.8, 4) is 0 Å². The van der Waals surface area contributed by atoms with E-state index in [0.29, 0.717) is 5.76 Å². The standard InChI is InChI=1S/C19H22N2O6/c1-2-15(12-6-4-3-5-7-12)26-11-13-9-21(19(25)20-18(13)24)17-8-14(23)16(10-22)27-17/h2-7,9,14,16-17,22-23H,8,10-11H2,1H3,(H,20,24,25)/t14?,16-,17-/m0/s1. The zero-order valence-electron chi connectivity index (χ0n) is 14.9. The van der Waals surface area contributed by atoms with Gasteiger partial charge in [0.15, 0.2) is 0 Å². The number of H-pyrrole nitrogens is 1. The molecule has 1 aromatic carbocycles. The Kier molecular flexibility index (Phi) is 5.90. The minimum Gasteiger partial charge on any atom is -0.488 e. The van der Waals surface area contributed by atoms with Crippen LogP contribution in [-0.4, -0.2) is 38.6 Å². The molecule has 3 atom stereocenters. The topological polar surface area (TPSA) is 114 Å². The molecule has 0 aliphatic carbocycles. The highest BCUT2D eigenvalue weighted by atomic mass is 16.5. The molecule has 144 valence electrons. The Labute approximate surface area is 155 Å². The number of aromatic amines is 1. The molecule has 0 saturated carbocycles. The molecule has 0 radical (unpaired) electrons. The van der Waals surface area contributed by atoms with Crippen LogP contribution in [0.4, 0.5) is 0 Å². The first-order valence-electron chi connectivity index (χ1n) is 8.66. The molecule has 0 bridgehead atoms. The first kappa shape index (κ1) is 19.1. The van der Waals surface area contributed by atoms with Gasteiger partial charge in [-0.15, -0.1) is 0 Å². The normalized spacial score (nSPS) is 22.8. The molecule has 3 rings (SSSR count). The number of nitrogens with zero attached hydrogens (tertiary/aromatic N) is 1. The summed E-state index contributed by atoms with van der Waals surface area (Å²) in [5, 5.41) is 19.1. The van der Waals surface area contributed by atoms with Crippen molar-refractivity contribution in [2.75, 3.05) is 6.61 Å². The number of rotatable bonds is 6. The maximum absolute atomic E-state index is 12.1. The van der Waals surface area contributed by atoms with Gasteiger partial charge in [-0.1, -0.05) is 30.3 Å². The molecule has 8 heteroatoms. The van der Waals surface area contributed by atoms with Crippen molar-refractivity contribution in [2.24, 2.45) is 0 Å². The molecular formula is C19H22N2O6. The Morgan fingerprint density at radius 3 is 2.74 bits per heavy atom. The number of ether oxygens (including phenoxy) is 2. The van der Waals surface area contributed by atoms with Gasteiger partial charge < -0.3 is 19.7 Å². The van der Waals surface area contributed by atoms with E-state index in [4.69, 9.17) is 9.47 Å². The number of allylic oxidation sites excluding steroid dienone is 1. The minimum absolute atomic E-state index is 0.0388. The van der Waals surface area contributed by atoms with Crippen molar-refractivity contribution in [3.63, 3.8) is 0 Å². The highest BCUT2D eigenvalue weighted by Gasteiger charge is 2.35. The van der Waals surface area contributed by atoms with Crippen LogP contribution < -0.4 is 11.2 Å². The molecule has 1 saturated heterocycles. The lowest BCUT2D eigenvalue weighted by molar-refractivity contribution is -0.0460. The third-order valence-corrected chi connectivity index (χ3v) is 4.44. The molecule has 1 aromatic heterocycles. The fourth-order valence-electron chi connectivity index (χ4n) is 2.99. The second-order valence-electron chi connectivity index (χ2n) is 6.24. The van der Waals surface area contributed by atoms with Crippen LogP contribution in [0.25, 0.3) is 5.76 Å². The second-order valence-corrected chi connectivity index (χ2v) is 6.24. The van der Waals surface area contributed by atoms with Gasteiger partial charge >= 0.3 is 5.69 Å². The molecule has 1 aliphatic heterocycles. The monoisotopic (exact) mass is 374 g/mol. The molecule has 2 aromatic rings. The van der Waals surface area contributed by atoms with E-state index in [1.165, 1.54) is 10.8 Å². The fourth-order valence-corrected chi connectivity index (χ4v) is 2.99. The zero-order valence-corrected chi connectivity index (χ0v) is 14.9. The van der Waals surface area contributed by atoms with Crippen molar-refractivity contribution in [1.82, 2.24) is 9.55 Å². The second kappa shape index (κ2) is 8.34. The third kappa shape index (κ3) is 4.19. The van der Waals surface area contributed by atoms with Crippen molar-refractivity contribution < 1.29 is 19.7 Å². The molecule has 8 nitrogen and oxygen atoms in total. The van der Waals surface area contributed by atoms with E-state index in [2.05, 4.69) is 4.98 Å². The molecular weight excluding hydrogens is 352 g/mol. The van der Waals surface area contributed by atoms with Crippen molar-refractivity contribution in [1.29, 1.82) is 0 Å². The summed E-state index contributed by atoms with van der Waals surface area (Å²) in [5.41, 5.74) is -0.0703. The van der Waals surface area contributed by atoms with Crippen LogP contribution in [0.2, 0.25) is 0 Å². The van der Waals surface area contributed by atoms with Gasteiger partial charge in [-0.25, -0.2) is 4.79 Å². The number of hydrogen-bond acceptors (Lipinski definition) is 6. The highest BCUT2D eigenvalue weighted by Crippen LogP contribution is 2.27. The van der Waals surface area contributed by atoms with Crippen LogP contribution in [-0.2, 0) is 16.1 Å². The summed E-state index contributed by atoms with van der Waals surface area (Å²) in [6.45, 7) is 1.44. The number of aliphatic hydroxyl groups excluding tert-OH is 2. The molecule has 3 N–H and O–H groups in total. The van der Waals surface area contributed by atoms with Crippen molar-refractivity contribution in [3.05, 3.63) is 74.6 Å². The first-order chi connectivity index (χ1) is 13.0. The summed E-state index contributed by atoms with van der Waals surface area (Å²) in [6.07, 6.45) is 0.892. The minimum atomic E-state index is -0.883. The van der Waals surface area contributed by atoms with E-state index in [0.717, 1.165) is 5.56 Å². The number of nitrogens with one attached hydrogen (secondary N) is 1. The molecule has 0 amide bonds. The number of aliphatic hydroxyl groups is 2. The van der Waals surface area contributed by atoms with E-state index in [1.54, 1.807) is 6.08 Å². The van der Waals surface area contributed by atoms with Gasteiger partial charge in [-0.2, -0.15) is 0 Å². The summed E-state index contributed by atoms with van der Waals surface area (Å²) in [7, 11) is 0. The smallest absolute Gasteiger partial charge is 0.330 e. The Morgan fingerprint density at radius 1 is 1.37 bits per heavy atom. The lowest BCUT2D eigenvalue weighted by Crippen LogP contribution is -2.34. The average molecular weight is 374 g/mol. The van der Waals surface area contributed by atoms with Gasteiger partial charge in [0.2, 0.25) is 0 Å². The predicted molar refractivity (Wildman–Crippen MR) is 97.8 cm³/mol. The van der Waals surface area contributed by atoms with Crippen molar-refractivity contribution >= 4 is 5.76 Å². The van der Waals surface area contributed by atoms with Crippen LogP contribution in [0.5, 0.6) is 0 Å². The number of hydrogen-bond donors (Lipinski definition) is 3. The third-order valence-electron chi connectivity index (χ3n) is 4.44. The van der Waals surface area contributed by atoms with Crippen LogP contribution in [0.15, 0.2) is 52.2 Å². The molecule has 27 heavy (non-hydrogen) atoms. The van der Waals surface area contributed by atoms with Crippen LogP contribution in [0.1, 0.15) is 30.7 Å². The van der Waals surface area contributed by atoms with E-state index < -0.39 is 29.7 Å². The lowest BCUT2D eigenvalue weighted by Gasteiger charge is -2.16. The van der Waals surface area contributed by atoms with Gasteiger partial charge in [0.05, 0.1) is 18.3 Å². The fraction of sp³-hybridized carbons (Fsp3) is 0.368. The van der Waals surface area contributed by atoms with Crippen molar-refractivity contribution in [2.45, 2.75) is 38.4 Å². The summed E-state index contributed by atoms with van der Waals surface area (Å²) >= 11 is 0. The van der Waals surface area contributed by atoms with E-state index >= 15 is 0 Å². The van der Waals surface area contributed by atoms with Gasteiger partial charge in [-0.3, -0.25) is 14.3 Å². The SMILES string of the molecule is CC=C(OCc1cn([C@@H]2CC(O)[C@H](CO)O2)c(=O)[nH]c1=O)c1ccccc1. The van der Waals surface area contributed by atoms with Crippen LogP contribution in [0, 0.1) is 0 Å². The van der Waals surface area contributed by atoms with Gasteiger partial charge in [0, 0.05) is 18.2 Å². The summed E-state index contributed by atoms with van der Waals surface area (Å²) < 4.78 is 12.5. The molecule has 2 heterocycles. The summed E-state index contributed by atoms with van der Waals surface area (Å²) in [6, 6.07) is 9.45. The number of benzene rings is 1. The van der Waals surface area contributed by atoms with E-state index in [9.17, 15) is 19.8 Å². The summed E-state index contributed by atoms with van der Waals surface area (Å²) in [5.74, 6) is 0.612. The highest BCUT2D eigenvalue weighted by molar-refractivity contribution is 5.59. The predicted octanol–water partition coefficient (Wildman–Crippen LogP) is 0.755. The molecule has 1 unspecified atom stereocenters. The van der Waals surface area contributed by atoms with Crippen LogP contribution in [0.3, 0.4) is 0 Å². The van der Waals surface area contributed by atoms with Crippen LogP contribution >= 0.6 is 0 Å². The van der Waals surface area contributed by atoms with E-state index in [1.807, 2.05) is 37.3 Å². The maximum Gasteiger partial charge on any atom is 0.330 e. The first-order valence-corrected chi connectivity index (χ1v) is 8.66. The quantitative estimate of drug-likeness (QED) is 0.643. The zero-order chi connectivity index (χ0) is 19.4. The molecule has 0 spiro atoms.